The minimum atomic E-state index is -0.494. The molecule has 0 radical (unpaired) electrons. The van der Waals surface area contributed by atoms with E-state index in [9.17, 15) is 14.9 Å². The van der Waals surface area contributed by atoms with Crippen LogP contribution in [-0.2, 0) is 0 Å². The fourth-order valence-electron chi connectivity index (χ4n) is 2.02. The number of nitrogens with zero attached hydrogens (tertiary/aromatic N) is 2. The normalized spacial score (nSPS) is 10.6. The third-order valence-electron chi connectivity index (χ3n) is 3.08. The van der Waals surface area contributed by atoms with E-state index in [0.717, 1.165) is 4.47 Å². The lowest BCUT2D eigenvalue weighted by Crippen LogP contribution is -2.12. The fraction of sp³-hybridized carbons (Fsp3) is 0. The molecule has 0 aliphatic carbocycles. The van der Waals surface area contributed by atoms with Crippen LogP contribution in [0.4, 0.5) is 11.5 Å². The molecule has 0 aliphatic rings. The van der Waals surface area contributed by atoms with Gasteiger partial charge in [0.2, 0.25) is 0 Å². The van der Waals surface area contributed by atoms with E-state index in [1.165, 1.54) is 12.1 Å². The van der Waals surface area contributed by atoms with Crippen LogP contribution >= 0.6 is 15.9 Å². The summed E-state index contributed by atoms with van der Waals surface area (Å²) in [6, 6.07) is 11.2. The lowest BCUT2D eigenvalue weighted by molar-refractivity contribution is -0.384. The van der Waals surface area contributed by atoms with Gasteiger partial charge in [0.15, 0.2) is 5.82 Å². The molecule has 3 aromatic rings. The molecular weight excluding hydrogens is 352 g/mol. The zero-order valence-corrected chi connectivity index (χ0v) is 12.6. The number of nitro benzene ring substituents is 1. The highest BCUT2D eigenvalue weighted by Crippen LogP contribution is 2.25. The first-order valence-corrected chi connectivity index (χ1v) is 7.03. The zero-order chi connectivity index (χ0) is 15.7. The van der Waals surface area contributed by atoms with Gasteiger partial charge in [0.25, 0.3) is 11.6 Å². The number of hydrogen-bond acceptors (Lipinski definition) is 4. The van der Waals surface area contributed by atoms with Crippen molar-refractivity contribution in [3.63, 3.8) is 0 Å². The van der Waals surface area contributed by atoms with Gasteiger partial charge in [0, 0.05) is 22.2 Å². The summed E-state index contributed by atoms with van der Waals surface area (Å²) in [5.74, 6) is -0.0927. The largest absolute Gasteiger partial charge is 0.305 e. The van der Waals surface area contributed by atoms with Crippen LogP contribution in [0.1, 0.15) is 10.4 Å². The SMILES string of the molecule is O=C(Nc1n[nH]c2ccc([N+](=O)[O-])cc12)c1cccc(Br)c1. The molecule has 110 valence electrons. The molecule has 0 saturated carbocycles. The van der Waals surface area contributed by atoms with Gasteiger partial charge in [-0.25, -0.2) is 0 Å². The Labute approximate surface area is 132 Å². The van der Waals surface area contributed by atoms with Crippen molar-refractivity contribution >= 4 is 44.2 Å². The summed E-state index contributed by atoms with van der Waals surface area (Å²) in [5.41, 5.74) is 0.998. The molecule has 0 unspecified atom stereocenters. The monoisotopic (exact) mass is 360 g/mol. The number of anilines is 1. The van der Waals surface area contributed by atoms with Gasteiger partial charge in [-0.3, -0.25) is 20.0 Å². The Bertz CT molecular complexity index is 891. The topological polar surface area (TPSA) is 101 Å². The van der Waals surface area contributed by atoms with Crippen molar-refractivity contribution in [2.24, 2.45) is 0 Å². The number of nitro groups is 1. The molecule has 1 heterocycles. The Hall–Kier alpha value is -2.74. The minimum absolute atomic E-state index is 0.0631. The maximum atomic E-state index is 12.2. The van der Waals surface area contributed by atoms with Crippen LogP contribution in [0.2, 0.25) is 0 Å². The third-order valence-corrected chi connectivity index (χ3v) is 3.57. The molecule has 8 heteroatoms. The molecule has 0 bridgehead atoms. The number of non-ortho nitro benzene ring substituents is 1. The molecule has 3 rings (SSSR count). The summed E-state index contributed by atoms with van der Waals surface area (Å²) in [5, 5.41) is 20.7. The molecule has 0 aliphatic heterocycles. The van der Waals surface area contributed by atoms with Crippen molar-refractivity contribution < 1.29 is 9.72 Å². The van der Waals surface area contributed by atoms with Crippen LogP contribution in [0.25, 0.3) is 10.9 Å². The molecule has 0 atom stereocenters. The number of amides is 1. The summed E-state index contributed by atoms with van der Waals surface area (Å²) >= 11 is 3.30. The van der Waals surface area contributed by atoms with E-state index < -0.39 is 4.92 Å². The number of benzene rings is 2. The van der Waals surface area contributed by atoms with E-state index in [1.807, 2.05) is 6.07 Å². The quantitative estimate of drug-likeness (QED) is 0.551. The van der Waals surface area contributed by atoms with Crippen LogP contribution in [0.5, 0.6) is 0 Å². The lowest BCUT2D eigenvalue weighted by atomic mass is 10.2. The number of halogens is 1. The van der Waals surface area contributed by atoms with Gasteiger partial charge >= 0.3 is 0 Å². The van der Waals surface area contributed by atoms with Crippen LogP contribution < -0.4 is 5.32 Å². The predicted octanol–water partition coefficient (Wildman–Crippen LogP) is 3.49. The molecule has 1 aromatic heterocycles. The molecule has 1 amide bonds. The second-order valence-corrected chi connectivity index (χ2v) is 5.44. The molecule has 7 nitrogen and oxygen atoms in total. The Morgan fingerprint density at radius 3 is 2.82 bits per heavy atom. The minimum Gasteiger partial charge on any atom is -0.305 e. The van der Waals surface area contributed by atoms with Gasteiger partial charge in [-0.1, -0.05) is 22.0 Å². The van der Waals surface area contributed by atoms with Gasteiger partial charge < -0.3 is 5.32 Å². The summed E-state index contributed by atoms with van der Waals surface area (Å²) in [7, 11) is 0. The van der Waals surface area contributed by atoms with Gasteiger partial charge in [-0.15, -0.1) is 0 Å². The van der Waals surface area contributed by atoms with Gasteiger partial charge in [-0.05, 0) is 24.3 Å². The number of carbonyl (C=O) groups excluding carboxylic acids is 1. The van der Waals surface area contributed by atoms with Crippen LogP contribution in [0.15, 0.2) is 46.9 Å². The van der Waals surface area contributed by atoms with E-state index in [0.29, 0.717) is 16.5 Å². The fourth-order valence-corrected chi connectivity index (χ4v) is 2.42. The van der Waals surface area contributed by atoms with E-state index in [1.54, 1.807) is 24.3 Å². The van der Waals surface area contributed by atoms with E-state index in [4.69, 9.17) is 0 Å². The van der Waals surface area contributed by atoms with Gasteiger partial charge in [0.1, 0.15) is 0 Å². The second kappa shape index (κ2) is 5.57. The van der Waals surface area contributed by atoms with Crippen molar-refractivity contribution in [1.29, 1.82) is 0 Å². The number of aromatic nitrogens is 2. The van der Waals surface area contributed by atoms with Crippen molar-refractivity contribution in [3.8, 4) is 0 Å². The standard InChI is InChI=1S/C14H9BrN4O3/c15-9-3-1-2-8(6-9)14(20)16-13-11-7-10(19(21)22)4-5-12(11)17-18-13/h1-7H,(H2,16,17,18,20). The molecule has 2 aromatic carbocycles. The number of fused-ring (bicyclic) bond motifs is 1. The van der Waals surface area contributed by atoms with Crippen LogP contribution in [0.3, 0.4) is 0 Å². The Kier molecular flexibility index (Phi) is 3.60. The number of nitrogens with one attached hydrogen (secondary N) is 2. The Morgan fingerprint density at radius 2 is 2.09 bits per heavy atom. The Morgan fingerprint density at radius 1 is 1.27 bits per heavy atom. The zero-order valence-electron chi connectivity index (χ0n) is 11.0. The van der Waals surface area contributed by atoms with Gasteiger partial charge in [-0.2, -0.15) is 5.10 Å². The summed E-state index contributed by atoms with van der Waals surface area (Å²) < 4.78 is 0.780. The number of hydrogen-bond donors (Lipinski definition) is 2. The molecule has 22 heavy (non-hydrogen) atoms. The average Bonchev–Trinajstić information content (AvgIpc) is 2.89. The molecule has 0 fully saturated rings. The summed E-state index contributed by atoms with van der Waals surface area (Å²) in [6.07, 6.45) is 0. The smallest absolute Gasteiger partial charge is 0.270 e. The van der Waals surface area contributed by atoms with Crippen molar-refractivity contribution in [3.05, 3.63) is 62.6 Å². The van der Waals surface area contributed by atoms with E-state index in [-0.39, 0.29) is 17.4 Å². The highest BCUT2D eigenvalue weighted by molar-refractivity contribution is 9.10. The number of aromatic amines is 1. The third kappa shape index (κ3) is 2.68. The molecular formula is C14H9BrN4O3. The molecule has 2 N–H and O–H groups in total. The number of carbonyl (C=O) groups is 1. The lowest BCUT2D eigenvalue weighted by Gasteiger charge is -2.03. The maximum Gasteiger partial charge on any atom is 0.270 e. The summed E-state index contributed by atoms with van der Waals surface area (Å²) in [6.45, 7) is 0. The van der Waals surface area contributed by atoms with E-state index in [2.05, 4.69) is 31.4 Å². The van der Waals surface area contributed by atoms with Gasteiger partial charge in [0.05, 0.1) is 15.8 Å². The van der Waals surface area contributed by atoms with Crippen molar-refractivity contribution in [2.45, 2.75) is 0 Å². The first kappa shape index (κ1) is 14.2. The van der Waals surface area contributed by atoms with Crippen LogP contribution in [0, 0.1) is 10.1 Å². The molecule has 0 saturated heterocycles. The number of rotatable bonds is 3. The predicted molar refractivity (Wildman–Crippen MR) is 84.8 cm³/mol. The highest BCUT2D eigenvalue weighted by Gasteiger charge is 2.14. The molecule has 0 spiro atoms. The van der Waals surface area contributed by atoms with Crippen molar-refractivity contribution in [1.82, 2.24) is 10.2 Å². The Balaban J connectivity index is 1.95. The second-order valence-electron chi connectivity index (χ2n) is 4.52. The van der Waals surface area contributed by atoms with Crippen LogP contribution in [-0.4, -0.2) is 21.0 Å². The maximum absolute atomic E-state index is 12.2. The number of H-pyrrole nitrogens is 1. The highest BCUT2D eigenvalue weighted by atomic mass is 79.9. The average molecular weight is 361 g/mol. The first-order valence-electron chi connectivity index (χ1n) is 6.24. The first-order chi connectivity index (χ1) is 10.5. The van der Waals surface area contributed by atoms with E-state index >= 15 is 0 Å². The van der Waals surface area contributed by atoms with Crippen molar-refractivity contribution in [2.75, 3.05) is 5.32 Å². The summed E-state index contributed by atoms with van der Waals surface area (Å²) in [4.78, 5) is 22.6.